The van der Waals surface area contributed by atoms with Gasteiger partial charge in [0.05, 0.1) is 6.10 Å². The van der Waals surface area contributed by atoms with Gasteiger partial charge in [-0.05, 0) is 6.92 Å². The molecule has 0 heterocycles. The lowest BCUT2D eigenvalue weighted by atomic mass is 10.2. The second kappa shape index (κ2) is 4.33. The predicted molar refractivity (Wildman–Crippen MR) is 35.2 cm³/mol. The molecule has 0 aliphatic rings. The molecule has 0 bridgehead atoms. The lowest BCUT2D eigenvalue weighted by Crippen LogP contribution is -2.40. The number of aliphatic hydroxyl groups excluding tert-OH is 1. The highest BCUT2D eigenvalue weighted by Gasteiger charge is 2.25. The van der Waals surface area contributed by atoms with Gasteiger partial charge in [0.15, 0.2) is 6.04 Å². The van der Waals surface area contributed by atoms with Gasteiger partial charge < -0.3 is 10.2 Å². The molecule has 0 radical (unpaired) electrons. The third kappa shape index (κ3) is 2.87. The number of nitrogens with one attached hydrogen (secondary N) is 1. The fourth-order valence-electron chi connectivity index (χ4n) is 0.452. The Bertz CT molecular complexity index is 137. The molecule has 10 heavy (non-hydrogen) atoms. The summed E-state index contributed by atoms with van der Waals surface area (Å²) >= 11 is 0. The smallest absolute Gasteiger partial charge is 0.419 e. The van der Waals surface area contributed by atoms with E-state index in [0.717, 1.165) is 0 Å². The van der Waals surface area contributed by atoms with Crippen LogP contribution in [0.2, 0.25) is 0 Å². The molecule has 0 aromatic carbocycles. The fourth-order valence-corrected chi connectivity index (χ4v) is 0.944. The molecule has 0 rings (SSSR count). The van der Waals surface area contributed by atoms with Crippen LogP contribution >= 0.6 is 8.61 Å². The number of aliphatic hydroxyl groups is 1. The van der Waals surface area contributed by atoms with Crippen LogP contribution in [0.1, 0.15) is 6.92 Å². The minimum atomic E-state index is -1.21. The first kappa shape index (κ1) is 9.49. The summed E-state index contributed by atoms with van der Waals surface area (Å²) in [4.78, 5) is 10.2. The highest BCUT2D eigenvalue weighted by molar-refractivity contribution is 7.21. The van der Waals surface area contributed by atoms with Crippen molar-refractivity contribution in [1.29, 1.82) is 0 Å². The maximum absolute atomic E-state index is 10.2. The Morgan fingerprint density at radius 3 is 2.30 bits per heavy atom. The normalized spacial score (nSPS) is 16.6. The van der Waals surface area contributed by atoms with Gasteiger partial charge in [0, 0.05) is 0 Å². The average Bonchev–Trinajstić information content (AvgIpc) is 1.81. The summed E-state index contributed by atoms with van der Waals surface area (Å²) in [6.07, 6.45) is -1.04. The molecular weight excluding hydrogens is 157 g/mol. The number of carbonyl (C=O) groups is 1. The topological polar surface area (TPSA) is 86.6 Å². The van der Waals surface area contributed by atoms with Crippen molar-refractivity contribution in [1.82, 2.24) is 5.09 Å². The van der Waals surface area contributed by atoms with E-state index in [-0.39, 0.29) is 0 Å². The van der Waals surface area contributed by atoms with Gasteiger partial charge in [-0.3, -0.25) is 4.79 Å². The van der Waals surface area contributed by atoms with Gasteiger partial charge >= 0.3 is 14.6 Å². The molecule has 0 spiro atoms. The Hall–Kier alpha value is -0.510. The molecule has 3 N–H and O–H groups in total. The Balaban J connectivity index is 3.97. The molecular formula is C4H9NO4P+. The molecule has 58 valence electrons. The monoisotopic (exact) mass is 166 g/mol. The van der Waals surface area contributed by atoms with Crippen molar-refractivity contribution in [2.45, 2.75) is 19.1 Å². The molecule has 0 aliphatic carbocycles. The lowest BCUT2D eigenvalue weighted by Gasteiger charge is -2.07. The summed E-state index contributed by atoms with van der Waals surface area (Å²) in [5, 5.41) is 19.2. The number of hydrogen-bond donors (Lipinski definition) is 3. The second-order valence-corrected chi connectivity index (χ2v) is 2.30. The highest BCUT2D eigenvalue weighted by Crippen LogP contribution is 1.96. The van der Waals surface area contributed by atoms with Gasteiger partial charge in [0.2, 0.25) is 0 Å². The number of aliphatic carboxylic acids is 1. The molecule has 3 atom stereocenters. The average molecular weight is 166 g/mol. The van der Waals surface area contributed by atoms with Gasteiger partial charge in [-0.2, -0.15) is 0 Å². The van der Waals surface area contributed by atoms with Crippen molar-refractivity contribution >= 4 is 14.6 Å². The fraction of sp³-hybridized carbons (Fsp3) is 0.750. The van der Waals surface area contributed by atoms with E-state index in [1.54, 1.807) is 0 Å². The van der Waals surface area contributed by atoms with Crippen LogP contribution in [0.5, 0.6) is 0 Å². The van der Waals surface area contributed by atoms with Gasteiger partial charge in [0.1, 0.15) is 0 Å². The van der Waals surface area contributed by atoms with Crippen LogP contribution in [0.25, 0.3) is 0 Å². The van der Waals surface area contributed by atoms with E-state index < -0.39 is 26.7 Å². The van der Waals surface area contributed by atoms with Gasteiger partial charge in [-0.15, -0.1) is 0 Å². The summed E-state index contributed by atoms with van der Waals surface area (Å²) in [6, 6.07) is -1.14. The SMILES string of the molecule is CC(O)C(N[PH+]=O)C(=O)O. The molecule has 3 unspecified atom stereocenters. The summed E-state index contributed by atoms with van der Waals surface area (Å²) in [6.45, 7) is 1.31. The van der Waals surface area contributed by atoms with Crippen molar-refractivity contribution in [2.24, 2.45) is 0 Å². The number of carboxylic acid groups (broad SMARTS) is 1. The van der Waals surface area contributed by atoms with Gasteiger partial charge in [0.25, 0.3) is 0 Å². The van der Waals surface area contributed by atoms with E-state index in [4.69, 9.17) is 10.2 Å². The number of carboxylic acids is 1. The number of rotatable bonds is 4. The standard InChI is InChI=1S/C4H8NO4P/c1-2(6)3(4(7)8)5-10-9/h2-3,6H,1H3,(H,5,9)(H,7,8)/p+1. The van der Waals surface area contributed by atoms with Crippen molar-refractivity contribution in [3.63, 3.8) is 0 Å². The minimum Gasteiger partial charge on any atom is -0.480 e. The van der Waals surface area contributed by atoms with E-state index in [1.165, 1.54) is 6.92 Å². The number of hydrogen-bond acceptors (Lipinski definition) is 3. The van der Waals surface area contributed by atoms with Crippen LogP contribution in [-0.2, 0) is 9.36 Å². The van der Waals surface area contributed by atoms with E-state index in [9.17, 15) is 9.36 Å². The Labute approximate surface area is 59.3 Å². The zero-order chi connectivity index (χ0) is 8.15. The first-order valence-corrected chi connectivity index (χ1v) is 3.54. The molecule has 0 aromatic rings. The predicted octanol–water partition coefficient (Wildman–Crippen LogP) is -0.651. The Morgan fingerprint density at radius 1 is 1.70 bits per heavy atom. The van der Waals surface area contributed by atoms with Crippen molar-refractivity contribution in [3.05, 3.63) is 0 Å². The summed E-state index contributed by atoms with van der Waals surface area (Å²) in [7, 11) is -0.917. The lowest BCUT2D eigenvalue weighted by molar-refractivity contribution is -0.141. The zero-order valence-electron chi connectivity index (χ0n) is 5.37. The van der Waals surface area contributed by atoms with Crippen molar-refractivity contribution < 1.29 is 19.6 Å². The molecule has 5 nitrogen and oxygen atoms in total. The molecule has 0 fully saturated rings. The molecule has 0 amide bonds. The summed E-state index contributed by atoms with van der Waals surface area (Å²) in [5.41, 5.74) is 0. The molecule has 0 aliphatic heterocycles. The van der Waals surface area contributed by atoms with Crippen LogP contribution in [0.3, 0.4) is 0 Å². The van der Waals surface area contributed by atoms with Crippen LogP contribution in [0.4, 0.5) is 0 Å². The first-order valence-electron chi connectivity index (χ1n) is 2.63. The summed E-state index contributed by atoms with van der Waals surface area (Å²) in [5.74, 6) is -1.21. The zero-order valence-corrected chi connectivity index (χ0v) is 6.37. The Kier molecular flexibility index (Phi) is 4.11. The van der Waals surface area contributed by atoms with Crippen molar-refractivity contribution in [2.75, 3.05) is 0 Å². The molecule has 0 saturated heterocycles. The maximum atomic E-state index is 10.2. The minimum absolute atomic E-state index is 0.917. The molecule has 0 saturated carbocycles. The van der Waals surface area contributed by atoms with E-state index >= 15 is 0 Å². The Morgan fingerprint density at radius 2 is 2.20 bits per heavy atom. The first-order chi connectivity index (χ1) is 4.59. The van der Waals surface area contributed by atoms with E-state index in [2.05, 4.69) is 5.09 Å². The van der Waals surface area contributed by atoms with Gasteiger partial charge in [-0.1, -0.05) is 9.65 Å². The van der Waals surface area contributed by atoms with Crippen LogP contribution < -0.4 is 5.09 Å². The van der Waals surface area contributed by atoms with Gasteiger partial charge in [-0.25, -0.2) is 0 Å². The quantitative estimate of drug-likeness (QED) is 0.483. The van der Waals surface area contributed by atoms with Crippen molar-refractivity contribution in [3.8, 4) is 0 Å². The van der Waals surface area contributed by atoms with Crippen LogP contribution in [-0.4, -0.2) is 28.3 Å². The third-order valence-corrected chi connectivity index (χ3v) is 1.39. The maximum Gasteiger partial charge on any atom is 0.419 e. The summed E-state index contributed by atoms with van der Waals surface area (Å²) < 4.78 is 9.89. The third-order valence-electron chi connectivity index (χ3n) is 0.963. The van der Waals surface area contributed by atoms with E-state index in [0.29, 0.717) is 0 Å². The molecule has 0 aromatic heterocycles. The van der Waals surface area contributed by atoms with E-state index in [1.807, 2.05) is 0 Å². The molecule has 6 heteroatoms. The highest BCUT2D eigenvalue weighted by atomic mass is 31.1. The largest absolute Gasteiger partial charge is 0.480 e. The second-order valence-electron chi connectivity index (χ2n) is 1.80. The van der Waals surface area contributed by atoms with Crippen LogP contribution in [0, 0.1) is 0 Å². The van der Waals surface area contributed by atoms with Crippen LogP contribution in [0.15, 0.2) is 0 Å².